The van der Waals surface area contributed by atoms with Crippen LogP contribution in [0.4, 0.5) is 0 Å². The van der Waals surface area contributed by atoms with Crippen LogP contribution in [-0.4, -0.2) is 67.9 Å². The molecular weight excluding hydrogens is 312 g/mol. The molecule has 0 spiro atoms. The predicted octanol–water partition coefficient (Wildman–Crippen LogP) is 0.172. The van der Waals surface area contributed by atoms with E-state index < -0.39 is 10.0 Å². The van der Waals surface area contributed by atoms with E-state index in [1.165, 1.54) is 6.20 Å². The summed E-state index contributed by atoms with van der Waals surface area (Å²) in [5.41, 5.74) is 0. The monoisotopic (exact) mass is 332 g/mol. The molecule has 0 aromatic carbocycles. The van der Waals surface area contributed by atoms with Crippen LogP contribution in [-0.2, 0) is 10.0 Å². The van der Waals surface area contributed by atoms with Crippen LogP contribution in [0.2, 0.25) is 0 Å². The van der Waals surface area contributed by atoms with Crippen LogP contribution in [0.1, 0.15) is 6.42 Å². The summed E-state index contributed by atoms with van der Waals surface area (Å²) in [7, 11) is -3.38. The maximum absolute atomic E-state index is 12.5. The van der Waals surface area contributed by atoms with E-state index >= 15 is 0 Å². The zero-order valence-electron chi connectivity index (χ0n) is 11.8. The average molecular weight is 333 g/mol. The first-order chi connectivity index (χ1) is 9.68. The molecule has 1 aromatic rings. The summed E-state index contributed by atoms with van der Waals surface area (Å²) in [6.45, 7) is 5.19. The summed E-state index contributed by atoms with van der Waals surface area (Å²) in [5.74, 6) is 0. The minimum atomic E-state index is -3.38. The lowest BCUT2D eigenvalue weighted by molar-refractivity contribution is 0.179. The highest BCUT2D eigenvalue weighted by atomic mass is 35.5. The lowest BCUT2D eigenvalue weighted by Crippen LogP contribution is -2.49. The van der Waals surface area contributed by atoms with Crippen LogP contribution in [0.25, 0.3) is 0 Å². The molecule has 0 saturated carbocycles. The summed E-state index contributed by atoms with van der Waals surface area (Å²) in [4.78, 5) is 6.60. The molecule has 0 radical (unpaired) electrons. The highest BCUT2D eigenvalue weighted by molar-refractivity contribution is 7.89. The second-order valence-corrected chi connectivity index (χ2v) is 7.22. The Hall–Kier alpha value is -0.730. The SMILES string of the molecule is Cl.O=S(=O)(c1cccnc1)N1CCC(N2CCNCC2)C1. The van der Waals surface area contributed by atoms with Crippen LogP contribution in [0.5, 0.6) is 0 Å². The number of hydrogen-bond donors (Lipinski definition) is 1. The highest BCUT2D eigenvalue weighted by Gasteiger charge is 2.35. The smallest absolute Gasteiger partial charge is 0.244 e. The second-order valence-electron chi connectivity index (χ2n) is 5.28. The third-order valence-corrected chi connectivity index (χ3v) is 5.91. The van der Waals surface area contributed by atoms with Gasteiger partial charge in [0.2, 0.25) is 10.0 Å². The Morgan fingerprint density at radius 3 is 2.67 bits per heavy atom. The van der Waals surface area contributed by atoms with Gasteiger partial charge in [-0.1, -0.05) is 0 Å². The molecule has 1 atom stereocenters. The van der Waals surface area contributed by atoms with Crippen molar-refractivity contribution >= 4 is 22.4 Å². The van der Waals surface area contributed by atoms with E-state index in [1.807, 2.05) is 0 Å². The van der Waals surface area contributed by atoms with Gasteiger partial charge in [-0.3, -0.25) is 9.88 Å². The largest absolute Gasteiger partial charge is 0.314 e. The summed E-state index contributed by atoms with van der Waals surface area (Å²) >= 11 is 0. The quantitative estimate of drug-likeness (QED) is 0.855. The van der Waals surface area contributed by atoms with Gasteiger partial charge in [-0.15, -0.1) is 12.4 Å². The molecule has 2 saturated heterocycles. The Kier molecular flexibility index (Phi) is 5.56. The molecule has 6 nitrogen and oxygen atoms in total. The standard InChI is InChI=1S/C13H20N4O2S.ClH/c18-20(19,13-2-1-4-15-10-13)17-7-3-12(11-17)16-8-5-14-6-9-16;/h1-2,4,10,12,14H,3,5-9,11H2;1H. The Bertz CT molecular complexity index is 549. The van der Waals surface area contributed by atoms with Crippen molar-refractivity contribution < 1.29 is 8.42 Å². The molecule has 2 aliphatic rings. The lowest BCUT2D eigenvalue weighted by atomic mass is 10.2. The van der Waals surface area contributed by atoms with Crippen LogP contribution < -0.4 is 5.32 Å². The van der Waals surface area contributed by atoms with Gasteiger partial charge in [0.1, 0.15) is 4.90 Å². The highest BCUT2D eigenvalue weighted by Crippen LogP contribution is 2.23. The van der Waals surface area contributed by atoms with Crippen molar-refractivity contribution in [3.05, 3.63) is 24.5 Å². The number of hydrogen-bond acceptors (Lipinski definition) is 5. The maximum Gasteiger partial charge on any atom is 0.244 e. The number of sulfonamides is 1. The van der Waals surface area contributed by atoms with E-state index in [9.17, 15) is 8.42 Å². The molecule has 1 aromatic heterocycles. The van der Waals surface area contributed by atoms with Gasteiger partial charge in [-0.25, -0.2) is 8.42 Å². The van der Waals surface area contributed by atoms with Crippen molar-refractivity contribution in [2.75, 3.05) is 39.3 Å². The third kappa shape index (κ3) is 3.54. The summed E-state index contributed by atoms with van der Waals surface area (Å²) in [5, 5.41) is 3.32. The zero-order valence-corrected chi connectivity index (χ0v) is 13.4. The summed E-state index contributed by atoms with van der Waals surface area (Å²) < 4.78 is 26.6. The number of pyridine rings is 1. The Morgan fingerprint density at radius 2 is 2.00 bits per heavy atom. The first-order valence-electron chi connectivity index (χ1n) is 7.03. The molecule has 0 aliphatic carbocycles. The lowest BCUT2D eigenvalue weighted by Gasteiger charge is -2.32. The Labute approximate surface area is 132 Å². The van der Waals surface area contributed by atoms with E-state index in [2.05, 4.69) is 15.2 Å². The van der Waals surface area contributed by atoms with Gasteiger partial charge in [-0.05, 0) is 18.6 Å². The Morgan fingerprint density at radius 1 is 1.24 bits per heavy atom. The number of rotatable bonds is 3. The van der Waals surface area contributed by atoms with Crippen LogP contribution >= 0.6 is 12.4 Å². The number of nitrogens with zero attached hydrogens (tertiary/aromatic N) is 3. The van der Waals surface area contributed by atoms with Gasteiger partial charge in [0.15, 0.2) is 0 Å². The van der Waals surface area contributed by atoms with Crippen LogP contribution in [0.15, 0.2) is 29.4 Å². The van der Waals surface area contributed by atoms with Crippen molar-refractivity contribution in [3.8, 4) is 0 Å². The average Bonchev–Trinajstić information content (AvgIpc) is 3.00. The van der Waals surface area contributed by atoms with Crippen molar-refractivity contribution in [3.63, 3.8) is 0 Å². The normalized spacial score (nSPS) is 24.7. The fraction of sp³-hybridized carbons (Fsp3) is 0.615. The molecule has 0 amide bonds. The van der Waals surface area contributed by atoms with Gasteiger partial charge in [0.05, 0.1) is 0 Å². The van der Waals surface area contributed by atoms with Crippen molar-refractivity contribution in [1.82, 2.24) is 19.5 Å². The molecular formula is C13H21ClN4O2S. The van der Waals surface area contributed by atoms with Crippen LogP contribution in [0, 0.1) is 0 Å². The molecule has 3 heterocycles. The topological polar surface area (TPSA) is 65.5 Å². The Balaban J connectivity index is 0.00000161. The molecule has 3 rings (SSSR count). The minimum Gasteiger partial charge on any atom is -0.314 e. The molecule has 21 heavy (non-hydrogen) atoms. The van der Waals surface area contributed by atoms with Gasteiger partial charge in [-0.2, -0.15) is 4.31 Å². The number of piperazine rings is 1. The number of aromatic nitrogens is 1. The van der Waals surface area contributed by atoms with Gasteiger partial charge in [0.25, 0.3) is 0 Å². The first kappa shape index (κ1) is 16.6. The van der Waals surface area contributed by atoms with Crippen LogP contribution in [0.3, 0.4) is 0 Å². The molecule has 2 aliphatic heterocycles. The van der Waals surface area contributed by atoms with Crippen molar-refractivity contribution in [2.45, 2.75) is 17.4 Å². The number of nitrogens with one attached hydrogen (secondary N) is 1. The third-order valence-electron chi connectivity index (χ3n) is 4.07. The maximum atomic E-state index is 12.5. The molecule has 118 valence electrons. The van der Waals surface area contributed by atoms with Crippen molar-refractivity contribution in [2.24, 2.45) is 0 Å². The van der Waals surface area contributed by atoms with E-state index in [4.69, 9.17) is 0 Å². The van der Waals surface area contributed by atoms with Gasteiger partial charge >= 0.3 is 0 Å². The van der Waals surface area contributed by atoms with E-state index in [1.54, 1.807) is 22.6 Å². The van der Waals surface area contributed by atoms with E-state index in [-0.39, 0.29) is 12.4 Å². The fourth-order valence-electron chi connectivity index (χ4n) is 2.92. The van der Waals surface area contributed by atoms with E-state index in [0.717, 1.165) is 32.6 Å². The molecule has 0 bridgehead atoms. The molecule has 2 fully saturated rings. The molecule has 1 N–H and O–H groups in total. The minimum absolute atomic E-state index is 0. The first-order valence-corrected chi connectivity index (χ1v) is 8.47. The van der Waals surface area contributed by atoms with E-state index in [0.29, 0.717) is 24.0 Å². The predicted molar refractivity (Wildman–Crippen MR) is 83.1 cm³/mol. The second kappa shape index (κ2) is 7.02. The van der Waals surface area contributed by atoms with Gasteiger partial charge in [0, 0.05) is 57.7 Å². The fourth-order valence-corrected chi connectivity index (χ4v) is 4.38. The van der Waals surface area contributed by atoms with Crippen molar-refractivity contribution in [1.29, 1.82) is 0 Å². The van der Waals surface area contributed by atoms with Gasteiger partial charge < -0.3 is 5.32 Å². The molecule has 8 heteroatoms. The molecule has 1 unspecified atom stereocenters. The number of halogens is 1. The zero-order chi connectivity index (χ0) is 14.0. The summed E-state index contributed by atoms with van der Waals surface area (Å²) in [6, 6.07) is 3.63. The summed E-state index contributed by atoms with van der Waals surface area (Å²) in [6.07, 6.45) is 3.93.